The lowest BCUT2D eigenvalue weighted by Gasteiger charge is -2.05. The largest absolute Gasteiger partial charge is 0.308 e. The monoisotopic (exact) mass is 289 g/mol. The van der Waals surface area contributed by atoms with Gasteiger partial charge in [0.15, 0.2) is 0 Å². The van der Waals surface area contributed by atoms with Crippen LogP contribution in [0.1, 0.15) is 0 Å². The Bertz CT molecular complexity index is 948. The summed E-state index contributed by atoms with van der Waals surface area (Å²) >= 11 is 0. The van der Waals surface area contributed by atoms with Crippen LogP contribution in [0.15, 0.2) is 67.1 Å². The number of nitrogens with zero attached hydrogens (tertiary/aromatic N) is 4. The molecule has 0 atom stereocenters. The minimum atomic E-state index is 0.945. The summed E-state index contributed by atoms with van der Waals surface area (Å²) in [6.07, 6.45) is 5.91. The highest BCUT2D eigenvalue weighted by atomic mass is 15.2. The zero-order valence-electron chi connectivity index (χ0n) is 12.6. The second-order valence-corrected chi connectivity index (χ2v) is 5.43. The van der Waals surface area contributed by atoms with Gasteiger partial charge in [0.1, 0.15) is 12.7 Å². The second-order valence-electron chi connectivity index (χ2n) is 5.43. The Morgan fingerprint density at radius 2 is 1.73 bits per heavy atom. The average molecular weight is 289 g/mol. The van der Waals surface area contributed by atoms with E-state index in [1.54, 1.807) is 0 Å². The Kier molecular flexibility index (Phi) is 2.82. The molecule has 108 valence electrons. The first-order chi connectivity index (χ1) is 10.8. The van der Waals surface area contributed by atoms with E-state index in [1.807, 2.05) is 29.9 Å². The topological polar surface area (TPSA) is 26.1 Å². The van der Waals surface area contributed by atoms with E-state index < -0.39 is 0 Å². The van der Waals surface area contributed by atoms with Gasteiger partial charge in [-0.2, -0.15) is 4.57 Å². The maximum Gasteiger partial charge on any atom is 0.231 e. The van der Waals surface area contributed by atoms with Crippen molar-refractivity contribution in [2.24, 2.45) is 14.1 Å². The molecule has 0 unspecified atom stereocenters. The lowest BCUT2D eigenvalue weighted by atomic mass is 10.1. The molecule has 4 rings (SSSR count). The van der Waals surface area contributed by atoms with Gasteiger partial charge < -0.3 is 4.57 Å². The molecule has 1 aromatic carbocycles. The van der Waals surface area contributed by atoms with Gasteiger partial charge in [-0.25, -0.2) is 4.98 Å². The highest BCUT2D eigenvalue weighted by molar-refractivity contribution is 5.61. The van der Waals surface area contributed by atoms with Crippen LogP contribution in [-0.2, 0) is 14.1 Å². The number of imidazole rings is 2. The van der Waals surface area contributed by atoms with E-state index in [0.29, 0.717) is 0 Å². The molecule has 0 bridgehead atoms. The Morgan fingerprint density at radius 3 is 2.50 bits per heavy atom. The number of fused-ring (bicyclic) bond motifs is 1. The first-order valence-corrected chi connectivity index (χ1v) is 7.29. The number of hydrogen-bond donors (Lipinski definition) is 0. The van der Waals surface area contributed by atoms with E-state index in [1.165, 1.54) is 11.3 Å². The van der Waals surface area contributed by atoms with Crippen molar-refractivity contribution < 1.29 is 4.57 Å². The summed E-state index contributed by atoms with van der Waals surface area (Å²) in [6.45, 7) is 0. The predicted octanol–water partition coefficient (Wildman–Crippen LogP) is 2.83. The third-order valence-electron chi connectivity index (χ3n) is 4.13. The van der Waals surface area contributed by atoms with Crippen LogP contribution >= 0.6 is 0 Å². The first-order valence-electron chi connectivity index (χ1n) is 7.29. The Balaban J connectivity index is 1.93. The van der Waals surface area contributed by atoms with Crippen LogP contribution in [0.25, 0.3) is 28.4 Å². The summed E-state index contributed by atoms with van der Waals surface area (Å²) in [5, 5.41) is 0. The number of aryl methyl sites for hydroxylation is 1. The minimum absolute atomic E-state index is 0.945. The van der Waals surface area contributed by atoms with Crippen LogP contribution in [0, 0.1) is 0 Å². The van der Waals surface area contributed by atoms with Gasteiger partial charge in [0.25, 0.3) is 0 Å². The predicted molar refractivity (Wildman–Crippen MR) is 86.2 cm³/mol. The molecule has 4 nitrogen and oxygen atoms in total. The number of aromatic nitrogens is 4. The first kappa shape index (κ1) is 12.8. The average Bonchev–Trinajstić information content (AvgIpc) is 3.12. The third kappa shape index (κ3) is 1.84. The number of hydrogen-bond acceptors (Lipinski definition) is 1. The fourth-order valence-electron chi connectivity index (χ4n) is 2.97. The number of rotatable bonds is 2. The summed E-state index contributed by atoms with van der Waals surface area (Å²) < 4.78 is 6.39. The van der Waals surface area contributed by atoms with Crippen LogP contribution in [0.5, 0.6) is 0 Å². The van der Waals surface area contributed by atoms with Crippen molar-refractivity contribution in [2.75, 3.05) is 0 Å². The SMILES string of the molecule is Cn1c(-c2cccc(-c3ccccc3)[n+]2C)cn2ccnc12. The van der Waals surface area contributed by atoms with Crippen molar-refractivity contribution in [2.45, 2.75) is 0 Å². The maximum atomic E-state index is 4.39. The van der Waals surface area contributed by atoms with Gasteiger partial charge in [0.2, 0.25) is 17.2 Å². The Hall–Kier alpha value is -2.88. The molecule has 0 radical (unpaired) electrons. The van der Waals surface area contributed by atoms with E-state index in [2.05, 4.69) is 69.8 Å². The number of pyridine rings is 1. The van der Waals surface area contributed by atoms with Crippen molar-refractivity contribution in [3.8, 4) is 22.6 Å². The highest BCUT2D eigenvalue weighted by Gasteiger charge is 2.19. The molecule has 0 aliphatic rings. The highest BCUT2D eigenvalue weighted by Crippen LogP contribution is 2.22. The van der Waals surface area contributed by atoms with Gasteiger partial charge in [-0.3, -0.25) is 4.40 Å². The van der Waals surface area contributed by atoms with Gasteiger partial charge >= 0.3 is 0 Å². The molecular formula is C18H17N4+. The van der Waals surface area contributed by atoms with E-state index in [4.69, 9.17) is 0 Å². The van der Waals surface area contributed by atoms with E-state index in [0.717, 1.165) is 17.2 Å². The molecule has 0 N–H and O–H groups in total. The van der Waals surface area contributed by atoms with Crippen LogP contribution in [0.3, 0.4) is 0 Å². The summed E-state index contributed by atoms with van der Waals surface area (Å²) in [6, 6.07) is 16.8. The van der Waals surface area contributed by atoms with Gasteiger partial charge in [0, 0.05) is 43.3 Å². The molecule has 4 aromatic rings. The third-order valence-corrected chi connectivity index (χ3v) is 4.13. The molecule has 0 saturated heterocycles. The van der Waals surface area contributed by atoms with E-state index in [9.17, 15) is 0 Å². The zero-order chi connectivity index (χ0) is 15.1. The van der Waals surface area contributed by atoms with Crippen LogP contribution < -0.4 is 4.57 Å². The van der Waals surface area contributed by atoms with Gasteiger partial charge in [-0.1, -0.05) is 18.2 Å². The van der Waals surface area contributed by atoms with E-state index >= 15 is 0 Å². The van der Waals surface area contributed by atoms with Crippen molar-refractivity contribution in [3.05, 3.63) is 67.1 Å². The lowest BCUT2D eigenvalue weighted by molar-refractivity contribution is -0.649. The van der Waals surface area contributed by atoms with Gasteiger partial charge in [-0.05, 0) is 18.2 Å². The molecule has 3 aromatic heterocycles. The Morgan fingerprint density at radius 1 is 0.955 bits per heavy atom. The van der Waals surface area contributed by atoms with Crippen LogP contribution in [0.2, 0.25) is 0 Å². The summed E-state index contributed by atoms with van der Waals surface area (Å²) in [4.78, 5) is 4.39. The smallest absolute Gasteiger partial charge is 0.231 e. The summed E-state index contributed by atoms with van der Waals surface area (Å²) in [5.74, 6) is 0.945. The lowest BCUT2D eigenvalue weighted by Crippen LogP contribution is -2.34. The Labute approximate surface area is 128 Å². The molecule has 0 fully saturated rings. The van der Waals surface area contributed by atoms with Crippen molar-refractivity contribution in [1.82, 2.24) is 14.0 Å². The van der Waals surface area contributed by atoms with Crippen molar-refractivity contribution in [1.29, 1.82) is 0 Å². The fraction of sp³-hybridized carbons (Fsp3) is 0.111. The number of benzene rings is 1. The normalized spacial score (nSPS) is 11.2. The summed E-state index contributed by atoms with van der Waals surface area (Å²) in [5.41, 5.74) is 4.71. The molecule has 3 heterocycles. The maximum absolute atomic E-state index is 4.39. The molecule has 22 heavy (non-hydrogen) atoms. The molecule has 0 saturated carbocycles. The van der Waals surface area contributed by atoms with Gasteiger partial charge in [0.05, 0.1) is 0 Å². The van der Waals surface area contributed by atoms with Gasteiger partial charge in [-0.15, -0.1) is 0 Å². The standard InChI is InChI=1S/C18H17N4/c1-20-15(14-7-4-3-5-8-14)9-6-10-16(20)17-13-22-12-11-19-18(22)21(17)2/h3-13H,1-2H3/q+1. The fourth-order valence-corrected chi connectivity index (χ4v) is 2.97. The van der Waals surface area contributed by atoms with E-state index in [-0.39, 0.29) is 0 Å². The van der Waals surface area contributed by atoms with Crippen LogP contribution in [-0.4, -0.2) is 14.0 Å². The molecule has 4 heteroatoms. The van der Waals surface area contributed by atoms with Crippen LogP contribution in [0.4, 0.5) is 0 Å². The quantitative estimate of drug-likeness (QED) is 0.521. The summed E-state index contributed by atoms with van der Waals surface area (Å²) in [7, 11) is 4.15. The van der Waals surface area contributed by atoms with Crippen molar-refractivity contribution in [3.63, 3.8) is 0 Å². The molecule has 0 aliphatic carbocycles. The minimum Gasteiger partial charge on any atom is -0.308 e. The van der Waals surface area contributed by atoms with Crippen molar-refractivity contribution >= 4 is 5.78 Å². The zero-order valence-corrected chi connectivity index (χ0v) is 12.6. The molecular weight excluding hydrogens is 272 g/mol. The second kappa shape index (κ2) is 4.84. The molecule has 0 aliphatic heterocycles. The molecule has 0 spiro atoms. The molecule has 0 amide bonds.